The fourth-order valence-electron chi connectivity index (χ4n) is 5.27. The van der Waals surface area contributed by atoms with Gasteiger partial charge in [0, 0.05) is 36.6 Å². The molecule has 2 aliphatic heterocycles. The Morgan fingerprint density at radius 1 is 1.06 bits per heavy atom. The van der Waals surface area contributed by atoms with Crippen molar-refractivity contribution in [2.24, 2.45) is 0 Å². The number of carbonyl (C=O) groups is 1. The summed E-state index contributed by atoms with van der Waals surface area (Å²) in [5.41, 5.74) is 3.82. The van der Waals surface area contributed by atoms with Crippen LogP contribution in [0.5, 0.6) is 11.5 Å². The number of aryl methyl sites for hydroxylation is 1. The van der Waals surface area contributed by atoms with E-state index in [1.165, 1.54) is 40.7 Å². The predicted octanol–water partition coefficient (Wildman–Crippen LogP) is 4.54. The number of nitrogens with one attached hydrogen (secondary N) is 1. The van der Waals surface area contributed by atoms with Gasteiger partial charge in [0.15, 0.2) is 17.3 Å². The molecule has 1 N–H and O–H groups in total. The molecule has 2 aromatic heterocycles. The number of rotatable bonds is 5. The largest absolute Gasteiger partial charge is 0.459 e. The molecule has 1 saturated heterocycles. The van der Waals surface area contributed by atoms with E-state index in [2.05, 4.69) is 34.3 Å². The van der Waals surface area contributed by atoms with Gasteiger partial charge in [-0.25, -0.2) is 0 Å². The van der Waals surface area contributed by atoms with Crippen molar-refractivity contribution in [3.8, 4) is 11.5 Å². The number of amides is 1. The topological polar surface area (TPSA) is 67.2 Å². The van der Waals surface area contributed by atoms with Crippen molar-refractivity contribution in [1.82, 2.24) is 9.80 Å². The maximum absolute atomic E-state index is 13.0. The van der Waals surface area contributed by atoms with E-state index in [-0.39, 0.29) is 18.7 Å². The number of fused-ring (bicyclic) bond motifs is 2. The van der Waals surface area contributed by atoms with Crippen LogP contribution in [0, 0.1) is 0 Å². The molecule has 178 valence electrons. The summed E-state index contributed by atoms with van der Waals surface area (Å²) in [5.74, 6) is 1.71. The number of nitrogens with zero attached hydrogens (tertiary/aromatic N) is 2. The van der Waals surface area contributed by atoms with Crippen LogP contribution >= 0.6 is 11.3 Å². The van der Waals surface area contributed by atoms with Crippen molar-refractivity contribution >= 4 is 22.2 Å². The van der Waals surface area contributed by atoms with Gasteiger partial charge in [-0.15, -0.1) is 11.3 Å². The second kappa shape index (κ2) is 9.09. The normalized spacial score (nSPS) is 19.1. The summed E-state index contributed by atoms with van der Waals surface area (Å²) >= 11 is 1.73. The van der Waals surface area contributed by atoms with Gasteiger partial charge in [0.1, 0.15) is 5.00 Å². The number of piperazine rings is 1. The maximum atomic E-state index is 13.0. The molecule has 8 heteroatoms. The summed E-state index contributed by atoms with van der Waals surface area (Å²) in [6, 6.07) is 9.78. The third kappa shape index (κ3) is 4.00. The van der Waals surface area contributed by atoms with Crippen molar-refractivity contribution in [2.45, 2.75) is 31.7 Å². The van der Waals surface area contributed by atoms with Crippen molar-refractivity contribution < 1.29 is 18.7 Å². The zero-order valence-corrected chi connectivity index (χ0v) is 20.2. The summed E-state index contributed by atoms with van der Waals surface area (Å²) in [7, 11) is 2.17. The SMILES string of the molecule is CN1CCN(C(c2ccc3c(c2)OCO3)c2c(NC(=O)c3ccco3)sc3c2CCCC3)CC1. The van der Waals surface area contributed by atoms with Gasteiger partial charge in [0.25, 0.3) is 5.91 Å². The molecule has 1 amide bonds. The van der Waals surface area contributed by atoms with Gasteiger partial charge in [0.2, 0.25) is 6.79 Å². The lowest BCUT2D eigenvalue weighted by molar-refractivity contribution is 0.0996. The molecule has 1 aliphatic carbocycles. The second-order valence-corrected chi connectivity index (χ2v) is 10.3. The molecule has 34 heavy (non-hydrogen) atoms. The van der Waals surface area contributed by atoms with Crippen molar-refractivity contribution in [3.05, 3.63) is 63.9 Å². The minimum atomic E-state index is -0.201. The molecule has 0 spiro atoms. The van der Waals surface area contributed by atoms with Crippen LogP contribution in [0.4, 0.5) is 5.00 Å². The minimum absolute atomic E-state index is 0.0354. The second-order valence-electron chi connectivity index (χ2n) is 9.24. The Balaban J connectivity index is 1.46. The van der Waals surface area contributed by atoms with Crippen molar-refractivity contribution in [2.75, 3.05) is 45.3 Å². The van der Waals surface area contributed by atoms with E-state index >= 15 is 0 Å². The van der Waals surface area contributed by atoms with Crippen LogP contribution in [0.1, 0.15) is 51.0 Å². The third-order valence-electron chi connectivity index (χ3n) is 7.07. The van der Waals surface area contributed by atoms with Crippen LogP contribution in [0.25, 0.3) is 0 Å². The first kappa shape index (κ1) is 21.7. The van der Waals surface area contributed by atoms with E-state index < -0.39 is 0 Å². The fourth-order valence-corrected chi connectivity index (χ4v) is 6.58. The zero-order valence-electron chi connectivity index (χ0n) is 19.3. The number of carbonyl (C=O) groups excluding carboxylic acids is 1. The molecule has 1 aromatic carbocycles. The molecule has 1 fully saturated rings. The maximum Gasteiger partial charge on any atom is 0.291 e. The first-order valence-corrected chi connectivity index (χ1v) is 12.8. The van der Waals surface area contributed by atoms with Gasteiger partial charge in [-0.05, 0) is 68.1 Å². The van der Waals surface area contributed by atoms with Crippen LogP contribution in [0.15, 0.2) is 41.0 Å². The van der Waals surface area contributed by atoms with E-state index in [0.717, 1.165) is 55.5 Å². The monoisotopic (exact) mass is 479 g/mol. The lowest BCUT2D eigenvalue weighted by Crippen LogP contribution is -2.46. The van der Waals surface area contributed by atoms with Gasteiger partial charge in [-0.1, -0.05) is 6.07 Å². The highest BCUT2D eigenvalue weighted by Gasteiger charge is 2.34. The number of ether oxygens (including phenoxy) is 2. The first-order chi connectivity index (χ1) is 16.7. The Kier molecular flexibility index (Phi) is 5.80. The van der Waals surface area contributed by atoms with Crippen molar-refractivity contribution in [1.29, 1.82) is 0 Å². The molecule has 1 atom stereocenters. The smallest absolute Gasteiger partial charge is 0.291 e. The molecule has 4 heterocycles. The van der Waals surface area contributed by atoms with E-state index in [0.29, 0.717) is 5.76 Å². The average Bonchev–Trinajstić information content (AvgIpc) is 3.61. The number of furan rings is 1. The quantitative estimate of drug-likeness (QED) is 0.580. The van der Waals surface area contributed by atoms with Gasteiger partial charge in [0.05, 0.1) is 12.3 Å². The van der Waals surface area contributed by atoms with E-state index in [1.807, 2.05) is 6.07 Å². The summed E-state index contributed by atoms with van der Waals surface area (Å²) in [6.07, 6.45) is 6.03. The predicted molar refractivity (Wildman–Crippen MR) is 131 cm³/mol. The average molecular weight is 480 g/mol. The highest BCUT2D eigenvalue weighted by Crippen LogP contribution is 2.47. The molecular weight excluding hydrogens is 450 g/mol. The highest BCUT2D eigenvalue weighted by molar-refractivity contribution is 7.16. The van der Waals surface area contributed by atoms with Crippen LogP contribution in [0.3, 0.4) is 0 Å². The minimum Gasteiger partial charge on any atom is -0.459 e. The summed E-state index contributed by atoms with van der Waals surface area (Å²) < 4.78 is 16.7. The highest BCUT2D eigenvalue weighted by atomic mass is 32.1. The number of thiophene rings is 1. The van der Waals surface area contributed by atoms with E-state index in [4.69, 9.17) is 13.9 Å². The molecule has 6 rings (SSSR count). The Hall–Kier alpha value is -2.81. The van der Waals surface area contributed by atoms with Crippen LogP contribution < -0.4 is 14.8 Å². The standard InChI is InChI=1S/C26H29N3O4S/c1-28-10-12-29(13-11-28)24(17-8-9-19-21(15-17)33-16-32-19)23-18-5-2-3-7-22(18)34-26(23)27-25(30)20-6-4-14-31-20/h4,6,8-9,14-15,24H,2-3,5,7,10-13,16H2,1H3,(H,27,30). The Labute approximate surface area is 203 Å². The molecule has 7 nitrogen and oxygen atoms in total. The molecule has 1 unspecified atom stereocenters. The molecule has 0 saturated carbocycles. The Morgan fingerprint density at radius 3 is 2.71 bits per heavy atom. The van der Waals surface area contributed by atoms with Gasteiger partial charge in [-0.2, -0.15) is 0 Å². The van der Waals surface area contributed by atoms with Crippen molar-refractivity contribution in [3.63, 3.8) is 0 Å². The fraction of sp³-hybridized carbons (Fsp3) is 0.423. The summed E-state index contributed by atoms with van der Waals surface area (Å²) in [5, 5.41) is 4.15. The summed E-state index contributed by atoms with van der Waals surface area (Å²) in [6.45, 7) is 4.22. The molecule has 3 aromatic rings. The lowest BCUT2D eigenvalue weighted by Gasteiger charge is -2.39. The number of benzene rings is 1. The van der Waals surface area contributed by atoms with Crippen LogP contribution in [-0.2, 0) is 12.8 Å². The van der Waals surface area contributed by atoms with Gasteiger partial charge in [-0.3, -0.25) is 9.69 Å². The van der Waals surface area contributed by atoms with E-state index in [1.54, 1.807) is 23.5 Å². The first-order valence-electron chi connectivity index (χ1n) is 12.0. The number of hydrogen-bond donors (Lipinski definition) is 1. The van der Waals surface area contributed by atoms with Gasteiger partial charge < -0.3 is 24.1 Å². The number of likely N-dealkylation sites (N-methyl/N-ethyl adjacent to an activating group) is 1. The molecular formula is C26H29N3O4S. The molecule has 3 aliphatic rings. The van der Waals surface area contributed by atoms with Crippen LogP contribution in [-0.4, -0.2) is 55.7 Å². The van der Waals surface area contributed by atoms with Gasteiger partial charge >= 0.3 is 0 Å². The van der Waals surface area contributed by atoms with Crippen LogP contribution in [0.2, 0.25) is 0 Å². The number of anilines is 1. The Bertz CT molecular complexity index is 1180. The summed E-state index contributed by atoms with van der Waals surface area (Å²) in [4.78, 5) is 19.3. The third-order valence-corrected chi connectivity index (χ3v) is 8.30. The van der Waals surface area contributed by atoms with E-state index in [9.17, 15) is 4.79 Å². The molecule has 0 radical (unpaired) electrons. The zero-order chi connectivity index (χ0) is 23.1. The Morgan fingerprint density at radius 2 is 1.88 bits per heavy atom. The molecule has 0 bridgehead atoms. The lowest BCUT2D eigenvalue weighted by atomic mass is 9.88. The number of hydrogen-bond acceptors (Lipinski definition) is 7.